The summed E-state index contributed by atoms with van der Waals surface area (Å²) in [6, 6.07) is 14.5. The minimum atomic E-state index is -0.802. The molecule has 2 N–H and O–H groups in total. The van der Waals surface area contributed by atoms with Gasteiger partial charge in [-0.15, -0.1) is 0 Å². The van der Waals surface area contributed by atoms with Gasteiger partial charge in [-0.3, -0.25) is 18.9 Å². The van der Waals surface area contributed by atoms with Crippen LogP contribution in [0.3, 0.4) is 0 Å². The molecule has 0 radical (unpaired) electrons. The monoisotopic (exact) mass is 496 g/mol. The van der Waals surface area contributed by atoms with Crippen molar-refractivity contribution in [1.29, 1.82) is 0 Å². The molecule has 1 fully saturated rings. The van der Waals surface area contributed by atoms with Crippen LogP contribution in [-0.2, 0) is 9.53 Å². The molecule has 10 heteroatoms. The number of rotatable bonds is 9. The van der Waals surface area contributed by atoms with Crippen LogP contribution in [0.5, 0.6) is 0 Å². The van der Waals surface area contributed by atoms with E-state index in [1.165, 1.54) is 15.4 Å². The molecule has 0 saturated carbocycles. The standard InChI is InChI=1S/C24H24N4O4S2/c1-32-13-7-12-28-23(31)19(34-24(28)33)14-17-21(25-15-18(29)16-8-3-2-4-9-16)26-20-10-5-6-11-27(20)22(17)30/h2-6,8-11,14,18,25,29H,7,12-13,15H2,1H3/b19-14-/t18-/m0/s1. The number of ether oxygens (including phenoxy) is 1. The van der Waals surface area contributed by atoms with Crippen molar-refractivity contribution in [2.45, 2.75) is 12.5 Å². The number of pyridine rings is 1. The van der Waals surface area contributed by atoms with Crippen LogP contribution >= 0.6 is 24.0 Å². The van der Waals surface area contributed by atoms with Crippen LogP contribution in [-0.4, -0.2) is 56.4 Å². The molecular weight excluding hydrogens is 472 g/mol. The summed E-state index contributed by atoms with van der Waals surface area (Å²) >= 11 is 6.54. The van der Waals surface area contributed by atoms with E-state index in [0.29, 0.717) is 34.4 Å². The van der Waals surface area contributed by atoms with Crippen LogP contribution in [0.2, 0.25) is 0 Å². The van der Waals surface area contributed by atoms with Gasteiger partial charge in [-0.05, 0) is 30.2 Å². The van der Waals surface area contributed by atoms with Gasteiger partial charge >= 0.3 is 0 Å². The van der Waals surface area contributed by atoms with E-state index < -0.39 is 6.10 Å². The number of aliphatic hydroxyl groups is 1. The number of methoxy groups -OCH3 is 1. The molecule has 0 unspecified atom stereocenters. The lowest BCUT2D eigenvalue weighted by Gasteiger charge is -2.15. The average Bonchev–Trinajstić information content (AvgIpc) is 3.12. The molecule has 4 rings (SSSR count). The van der Waals surface area contributed by atoms with Crippen molar-refractivity contribution in [1.82, 2.24) is 14.3 Å². The van der Waals surface area contributed by atoms with Crippen LogP contribution in [0.25, 0.3) is 11.7 Å². The first-order valence-corrected chi connectivity index (χ1v) is 11.9. The van der Waals surface area contributed by atoms with Gasteiger partial charge in [0.25, 0.3) is 11.5 Å². The number of carbonyl (C=O) groups excluding carboxylic acids is 1. The summed E-state index contributed by atoms with van der Waals surface area (Å²) in [4.78, 5) is 32.7. The number of aliphatic hydroxyl groups excluding tert-OH is 1. The molecule has 0 spiro atoms. The normalized spacial score (nSPS) is 15.9. The Balaban J connectivity index is 1.67. The number of carbonyl (C=O) groups is 1. The largest absolute Gasteiger partial charge is 0.387 e. The van der Waals surface area contributed by atoms with Gasteiger partial charge in [0.05, 0.1) is 16.6 Å². The summed E-state index contributed by atoms with van der Waals surface area (Å²) in [6.07, 6.45) is 3.01. The van der Waals surface area contributed by atoms with Crippen molar-refractivity contribution in [3.8, 4) is 0 Å². The lowest BCUT2D eigenvalue weighted by molar-refractivity contribution is -0.122. The Hall–Kier alpha value is -3.05. The van der Waals surface area contributed by atoms with E-state index in [9.17, 15) is 14.7 Å². The van der Waals surface area contributed by atoms with Crippen LogP contribution in [0, 0.1) is 0 Å². The number of thioether (sulfide) groups is 1. The predicted octanol–water partition coefficient (Wildman–Crippen LogP) is 3.08. The van der Waals surface area contributed by atoms with Crippen molar-refractivity contribution in [2.75, 3.05) is 32.1 Å². The van der Waals surface area contributed by atoms with Gasteiger partial charge in [-0.2, -0.15) is 0 Å². The Morgan fingerprint density at radius 1 is 1.21 bits per heavy atom. The Morgan fingerprint density at radius 2 is 1.97 bits per heavy atom. The lowest BCUT2D eigenvalue weighted by atomic mass is 10.1. The SMILES string of the molecule is COCCCN1C(=O)/C(=C/c2c(NC[C@H](O)c3ccccc3)nc3ccccn3c2=O)SC1=S. The number of amides is 1. The van der Waals surface area contributed by atoms with E-state index in [1.807, 2.05) is 30.3 Å². The zero-order valence-electron chi connectivity index (χ0n) is 18.5. The Kier molecular flexibility index (Phi) is 7.73. The second kappa shape index (κ2) is 10.9. The number of anilines is 1. The fourth-order valence-corrected chi connectivity index (χ4v) is 4.84. The first-order chi connectivity index (χ1) is 16.5. The number of benzene rings is 1. The smallest absolute Gasteiger partial charge is 0.267 e. The minimum absolute atomic E-state index is 0.137. The topological polar surface area (TPSA) is 96.2 Å². The molecule has 1 amide bonds. The third kappa shape index (κ3) is 5.20. The van der Waals surface area contributed by atoms with Crippen molar-refractivity contribution < 1.29 is 14.6 Å². The number of aromatic nitrogens is 2. The van der Waals surface area contributed by atoms with Crippen LogP contribution < -0.4 is 10.9 Å². The van der Waals surface area contributed by atoms with E-state index in [-0.39, 0.29) is 29.4 Å². The van der Waals surface area contributed by atoms with Crippen molar-refractivity contribution in [3.63, 3.8) is 0 Å². The zero-order chi connectivity index (χ0) is 24.1. The number of hydrogen-bond donors (Lipinski definition) is 2. The summed E-state index contributed by atoms with van der Waals surface area (Å²) in [6.45, 7) is 1.10. The van der Waals surface area contributed by atoms with Crippen LogP contribution in [0.4, 0.5) is 5.82 Å². The van der Waals surface area contributed by atoms with Gasteiger partial charge in [-0.1, -0.05) is 60.4 Å². The second-order valence-electron chi connectivity index (χ2n) is 7.60. The molecular formula is C24H24N4O4S2. The molecule has 176 valence electrons. The van der Waals surface area contributed by atoms with Gasteiger partial charge in [0.15, 0.2) is 0 Å². The first kappa shape index (κ1) is 24.1. The number of nitrogens with one attached hydrogen (secondary N) is 1. The van der Waals surface area contributed by atoms with Gasteiger partial charge in [0.2, 0.25) is 0 Å². The molecule has 1 aromatic carbocycles. The van der Waals surface area contributed by atoms with Crippen molar-refractivity contribution in [2.24, 2.45) is 0 Å². The molecule has 3 aromatic rings. The van der Waals surface area contributed by atoms with Crippen molar-refractivity contribution in [3.05, 3.63) is 81.1 Å². The van der Waals surface area contributed by atoms with Gasteiger partial charge in [0, 0.05) is 33.0 Å². The number of fused-ring (bicyclic) bond motifs is 1. The Morgan fingerprint density at radius 3 is 2.74 bits per heavy atom. The third-order valence-corrected chi connectivity index (χ3v) is 6.67. The molecule has 1 atom stereocenters. The fourth-order valence-electron chi connectivity index (χ4n) is 3.54. The lowest BCUT2D eigenvalue weighted by Crippen LogP contribution is -2.29. The molecule has 0 bridgehead atoms. The summed E-state index contributed by atoms with van der Waals surface area (Å²) in [5, 5.41) is 13.7. The summed E-state index contributed by atoms with van der Waals surface area (Å²) in [5.74, 6) is 0.0368. The minimum Gasteiger partial charge on any atom is -0.387 e. The Bertz CT molecular complexity index is 1290. The van der Waals surface area contributed by atoms with Gasteiger partial charge in [-0.25, -0.2) is 4.98 Å². The highest BCUT2D eigenvalue weighted by Crippen LogP contribution is 2.33. The molecule has 3 heterocycles. The quantitative estimate of drug-likeness (QED) is 0.265. The highest BCUT2D eigenvalue weighted by molar-refractivity contribution is 8.26. The maximum Gasteiger partial charge on any atom is 0.267 e. The average molecular weight is 497 g/mol. The van der Waals surface area contributed by atoms with Crippen LogP contribution in [0.1, 0.15) is 23.7 Å². The van der Waals surface area contributed by atoms with E-state index in [2.05, 4.69) is 10.3 Å². The molecule has 34 heavy (non-hydrogen) atoms. The van der Waals surface area contributed by atoms with E-state index in [0.717, 1.165) is 17.3 Å². The maximum atomic E-state index is 13.3. The number of hydrogen-bond acceptors (Lipinski definition) is 8. The fraction of sp³-hybridized carbons (Fsp3) is 0.250. The predicted molar refractivity (Wildman–Crippen MR) is 138 cm³/mol. The number of nitrogens with zero attached hydrogens (tertiary/aromatic N) is 3. The zero-order valence-corrected chi connectivity index (χ0v) is 20.1. The van der Waals surface area contributed by atoms with E-state index in [4.69, 9.17) is 17.0 Å². The maximum absolute atomic E-state index is 13.3. The summed E-state index contributed by atoms with van der Waals surface area (Å²) < 4.78 is 6.92. The molecule has 1 aliphatic heterocycles. The highest BCUT2D eigenvalue weighted by atomic mass is 32.2. The third-order valence-electron chi connectivity index (χ3n) is 5.30. The second-order valence-corrected chi connectivity index (χ2v) is 9.27. The van der Waals surface area contributed by atoms with E-state index >= 15 is 0 Å². The molecule has 1 aliphatic rings. The highest BCUT2D eigenvalue weighted by Gasteiger charge is 2.32. The first-order valence-electron chi connectivity index (χ1n) is 10.7. The molecule has 8 nitrogen and oxygen atoms in total. The molecule has 1 saturated heterocycles. The molecule has 0 aliphatic carbocycles. The van der Waals surface area contributed by atoms with Gasteiger partial charge in [0.1, 0.15) is 15.8 Å². The van der Waals surface area contributed by atoms with Crippen molar-refractivity contribution >= 4 is 51.7 Å². The number of thiocarbonyl (C=S) groups is 1. The summed E-state index contributed by atoms with van der Waals surface area (Å²) in [7, 11) is 1.60. The molecule has 2 aromatic heterocycles. The van der Waals surface area contributed by atoms with Gasteiger partial charge < -0.3 is 15.2 Å². The van der Waals surface area contributed by atoms with E-state index in [1.54, 1.807) is 31.5 Å². The summed E-state index contributed by atoms with van der Waals surface area (Å²) in [5.41, 5.74) is 1.09. The Labute approximate surface area is 206 Å². The van der Waals surface area contributed by atoms with Crippen LogP contribution in [0.15, 0.2) is 64.4 Å².